The predicted molar refractivity (Wildman–Crippen MR) is 76.5 cm³/mol. The van der Waals surface area contributed by atoms with Crippen LogP contribution in [0.15, 0.2) is 42.6 Å². The van der Waals surface area contributed by atoms with Crippen molar-refractivity contribution in [3.8, 4) is 16.9 Å². The summed E-state index contributed by atoms with van der Waals surface area (Å²) >= 11 is 5.84. The van der Waals surface area contributed by atoms with Crippen molar-refractivity contribution in [1.82, 2.24) is 9.97 Å². The second-order valence-electron chi connectivity index (χ2n) is 4.23. The molecule has 0 amide bonds. The molecule has 3 rings (SSSR count). The van der Waals surface area contributed by atoms with Gasteiger partial charge in [-0.25, -0.2) is 14.4 Å². The molecular weight excluding hydrogens is 279 g/mol. The topological polar surface area (TPSA) is 35.0 Å². The number of ether oxygens (including phenoxy) is 1. The third-order valence-corrected chi connectivity index (χ3v) is 3.20. The van der Waals surface area contributed by atoms with Gasteiger partial charge in [0.25, 0.3) is 0 Å². The van der Waals surface area contributed by atoms with E-state index in [1.807, 2.05) is 24.3 Å². The van der Waals surface area contributed by atoms with Gasteiger partial charge in [0.15, 0.2) is 0 Å². The molecule has 0 saturated heterocycles. The molecule has 0 atom stereocenters. The first-order chi connectivity index (χ1) is 9.69. The van der Waals surface area contributed by atoms with E-state index in [1.165, 1.54) is 18.3 Å². The smallest absolute Gasteiger partial charge is 0.222 e. The minimum Gasteiger partial charge on any atom is -0.496 e. The molecule has 100 valence electrons. The molecule has 1 heterocycles. The van der Waals surface area contributed by atoms with Crippen LogP contribution in [0.5, 0.6) is 5.75 Å². The molecule has 0 radical (unpaired) electrons. The predicted octanol–water partition coefficient (Wildman–Crippen LogP) is 4.10. The van der Waals surface area contributed by atoms with Crippen LogP contribution in [0.4, 0.5) is 4.39 Å². The fourth-order valence-electron chi connectivity index (χ4n) is 2.16. The molecule has 3 aromatic rings. The Morgan fingerprint density at radius 1 is 1.15 bits per heavy atom. The number of hydrogen-bond acceptors (Lipinski definition) is 3. The number of rotatable bonds is 2. The second kappa shape index (κ2) is 5.06. The molecule has 20 heavy (non-hydrogen) atoms. The van der Waals surface area contributed by atoms with Crippen molar-refractivity contribution in [2.24, 2.45) is 0 Å². The van der Waals surface area contributed by atoms with Crippen LogP contribution in [0.3, 0.4) is 0 Å². The van der Waals surface area contributed by atoms with E-state index in [4.69, 9.17) is 16.3 Å². The van der Waals surface area contributed by atoms with Gasteiger partial charge in [0, 0.05) is 22.7 Å². The number of para-hydroxylation sites is 1. The molecule has 3 nitrogen and oxygen atoms in total. The quantitative estimate of drug-likeness (QED) is 0.666. The summed E-state index contributed by atoms with van der Waals surface area (Å²) in [5.74, 6) is 0.290. The van der Waals surface area contributed by atoms with Crippen LogP contribution in [-0.2, 0) is 0 Å². The Kier molecular flexibility index (Phi) is 3.24. The summed E-state index contributed by atoms with van der Waals surface area (Å²) in [4.78, 5) is 8.08. The standard InChI is InChI=1S/C15H10ClFN2O/c1-20-13-5-3-2-4-11(13)12-7-10(17)6-9-8-18-15(16)19-14(9)12/h2-8H,1H3. The number of hydrogen-bond donors (Lipinski definition) is 0. The molecule has 0 spiro atoms. The monoisotopic (exact) mass is 288 g/mol. The Balaban J connectivity index is 2.37. The molecule has 2 aromatic carbocycles. The van der Waals surface area contributed by atoms with Crippen LogP contribution in [0.25, 0.3) is 22.0 Å². The molecule has 0 aliphatic carbocycles. The zero-order chi connectivity index (χ0) is 14.1. The first-order valence-electron chi connectivity index (χ1n) is 5.94. The van der Waals surface area contributed by atoms with Gasteiger partial charge in [-0.1, -0.05) is 18.2 Å². The van der Waals surface area contributed by atoms with Gasteiger partial charge in [0.05, 0.1) is 12.6 Å². The van der Waals surface area contributed by atoms with Crippen molar-refractivity contribution in [1.29, 1.82) is 0 Å². The van der Waals surface area contributed by atoms with Gasteiger partial charge in [0.1, 0.15) is 11.6 Å². The number of fused-ring (bicyclic) bond motifs is 1. The van der Waals surface area contributed by atoms with Crippen molar-refractivity contribution in [3.05, 3.63) is 53.7 Å². The summed E-state index contributed by atoms with van der Waals surface area (Å²) in [6, 6.07) is 10.2. The van der Waals surface area contributed by atoms with Gasteiger partial charge in [-0.2, -0.15) is 0 Å². The molecule has 0 unspecified atom stereocenters. The molecule has 0 bridgehead atoms. The van der Waals surface area contributed by atoms with Crippen LogP contribution >= 0.6 is 11.6 Å². The van der Waals surface area contributed by atoms with Crippen LogP contribution in [0, 0.1) is 5.82 Å². The SMILES string of the molecule is COc1ccccc1-c1cc(F)cc2cnc(Cl)nc12. The summed E-state index contributed by atoms with van der Waals surface area (Å²) in [5.41, 5.74) is 1.98. The Hall–Kier alpha value is -2.20. The Bertz CT molecular complexity index is 792. The molecule has 0 N–H and O–H groups in total. The number of methoxy groups -OCH3 is 1. The third kappa shape index (κ3) is 2.18. The number of halogens is 2. The molecule has 5 heteroatoms. The largest absolute Gasteiger partial charge is 0.496 e. The number of aromatic nitrogens is 2. The fraction of sp³-hybridized carbons (Fsp3) is 0.0667. The zero-order valence-corrected chi connectivity index (χ0v) is 11.4. The van der Waals surface area contributed by atoms with Gasteiger partial charge >= 0.3 is 0 Å². The maximum Gasteiger partial charge on any atom is 0.222 e. The van der Waals surface area contributed by atoms with Gasteiger partial charge in [0.2, 0.25) is 5.28 Å². The van der Waals surface area contributed by atoms with E-state index >= 15 is 0 Å². The molecule has 0 saturated carbocycles. The van der Waals surface area contributed by atoms with E-state index in [-0.39, 0.29) is 11.1 Å². The summed E-state index contributed by atoms with van der Waals surface area (Å²) in [6.07, 6.45) is 1.51. The molecule has 1 aromatic heterocycles. The van der Waals surface area contributed by atoms with Gasteiger partial charge in [-0.15, -0.1) is 0 Å². The minimum absolute atomic E-state index is 0.125. The van der Waals surface area contributed by atoms with Crippen LogP contribution in [0.2, 0.25) is 5.28 Å². The number of benzene rings is 2. The summed E-state index contributed by atoms with van der Waals surface area (Å²) < 4.78 is 19.1. The first kappa shape index (κ1) is 12.8. The highest BCUT2D eigenvalue weighted by Crippen LogP contribution is 2.34. The Morgan fingerprint density at radius 3 is 2.75 bits per heavy atom. The van der Waals surface area contributed by atoms with Crippen LogP contribution in [-0.4, -0.2) is 17.1 Å². The summed E-state index contributed by atoms with van der Waals surface area (Å²) in [6.45, 7) is 0. The van der Waals surface area contributed by atoms with E-state index in [0.29, 0.717) is 22.2 Å². The normalized spacial score (nSPS) is 10.8. The summed E-state index contributed by atoms with van der Waals surface area (Å²) in [5, 5.41) is 0.718. The molecule has 0 aliphatic heterocycles. The lowest BCUT2D eigenvalue weighted by Gasteiger charge is -2.10. The van der Waals surface area contributed by atoms with Gasteiger partial charge in [-0.3, -0.25) is 0 Å². The highest BCUT2D eigenvalue weighted by atomic mass is 35.5. The highest BCUT2D eigenvalue weighted by molar-refractivity contribution is 6.28. The molecule has 0 aliphatic rings. The van der Waals surface area contributed by atoms with E-state index in [9.17, 15) is 4.39 Å². The lowest BCUT2D eigenvalue weighted by atomic mass is 10.0. The Morgan fingerprint density at radius 2 is 1.95 bits per heavy atom. The maximum absolute atomic E-state index is 13.8. The van der Waals surface area contributed by atoms with E-state index in [1.54, 1.807) is 7.11 Å². The highest BCUT2D eigenvalue weighted by Gasteiger charge is 2.12. The maximum atomic E-state index is 13.8. The van der Waals surface area contributed by atoms with Crippen molar-refractivity contribution in [2.45, 2.75) is 0 Å². The second-order valence-corrected chi connectivity index (χ2v) is 4.57. The third-order valence-electron chi connectivity index (χ3n) is 3.02. The zero-order valence-electron chi connectivity index (χ0n) is 10.6. The average molecular weight is 289 g/mol. The van der Waals surface area contributed by atoms with Crippen molar-refractivity contribution in [3.63, 3.8) is 0 Å². The fourth-order valence-corrected chi connectivity index (χ4v) is 2.29. The van der Waals surface area contributed by atoms with Gasteiger partial charge in [-0.05, 0) is 29.8 Å². The van der Waals surface area contributed by atoms with Crippen molar-refractivity contribution < 1.29 is 9.13 Å². The van der Waals surface area contributed by atoms with Crippen LogP contribution < -0.4 is 4.74 Å². The lowest BCUT2D eigenvalue weighted by Crippen LogP contribution is -1.93. The van der Waals surface area contributed by atoms with E-state index < -0.39 is 0 Å². The van der Waals surface area contributed by atoms with E-state index in [0.717, 1.165) is 5.56 Å². The van der Waals surface area contributed by atoms with E-state index in [2.05, 4.69) is 9.97 Å². The molecular formula is C15H10ClFN2O. The number of nitrogens with zero attached hydrogens (tertiary/aromatic N) is 2. The van der Waals surface area contributed by atoms with Gasteiger partial charge < -0.3 is 4.74 Å². The average Bonchev–Trinajstić information content (AvgIpc) is 2.47. The van der Waals surface area contributed by atoms with Crippen LogP contribution in [0.1, 0.15) is 0 Å². The molecule has 0 fully saturated rings. The Labute approximate surface area is 120 Å². The van der Waals surface area contributed by atoms with Crippen molar-refractivity contribution in [2.75, 3.05) is 7.11 Å². The minimum atomic E-state index is -0.357. The van der Waals surface area contributed by atoms with Crippen molar-refractivity contribution >= 4 is 22.5 Å². The summed E-state index contributed by atoms with van der Waals surface area (Å²) in [7, 11) is 1.57. The first-order valence-corrected chi connectivity index (χ1v) is 6.32. The lowest BCUT2D eigenvalue weighted by molar-refractivity contribution is 0.416.